The molecule has 0 fully saturated rings. The molecule has 23 heavy (non-hydrogen) atoms. The van der Waals surface area contributed by atoms with Gasteiger partial charge in [0.15, 0.2) is 6.10 Å². The van der Waals surface area contributed by atoms with Crippen molar-refractivity contribution in [1.29, 1.82) is 5.26 Å². The van der Waals surface area contributed by atoms with E-state index in [0.29, 0.717) is 16.1 Å². The first-order valence-electron chi connectivity index (χ1n) is 6.69. The highest BCUT2D eigenvalue weighted by atomic mass is 32.2. The van der Waals surface area contributed by atoms with Gasteiger partial charge in [0.25, 0.3) is 5.91 Å². The van der Waals surface area contributed by atoms with Crippen molar-refractivity contribution in [2.45, 2.75) is 17.9 Å². The molecule has 0 aliphatic carbocycles. The molecule has 0 saturated carbocycles. The molecule has 0 radical (unpaired) electrons. The molecule has 7 heteroatoms. The third kappa shape index (κ3) is 4.12. The number of anilines is 1. The summed E-state index contributed by atoms with van der Waals surface area (Å²) in [7, 11) is 0. The zero-order valence-electron chi connectivity index (χ0n) is 12.5. The van der Waals surface area contributed by atoms with E-state index in [1.165, 1.54) is 30.0 Å². The van der Waals surface area contributed by atoms with Crippen LogP contribution < -0.4 is 5.32 Å². The van der Waals surface area contributed by atoms with Crippen LogP contribution in [0.15, 0.2) is 40.6 Å². The van der Waals surface area contributed by atoms with Gasteiger partial charge in [0.05, 0.1) is 11.1 Å². The van der Waals surface area contributed by atoms with Crippen LogP contribution >= 0.6 is 23.1 Å². The molecule has 0 unspecified atom stereocenters. The number of rotatable bonds is 5. The molecule has 2 rings (SSSR count). The van der Waals surface area contributed by atoms with Crippen molar-refractivity contribution in [3.63, 3.8) is 0 Å². The van der Waals surface area contributed by atoms with Gasteiger partial charge < -0.3 is 10.1 Å². The predicted octanol–water partition coefficient (Wildman–Crippen LogP) is 3.53. The quantitative estimate of drug-likeness (QED) is 0.662. The van der Waals surface area contributed by atoms with Gasteiger partial charge in [-0.1, -0.05) is 12.1 Å². The lowest BCUT2D eigenvalue weighted by Crippen LogP contribution is -2.30. The molecule has 1 atom stereocenters. The number of carbonyl (C=O) groups is 2. The lowest BCUT2D eigenvalue weighted by molar-refractivity contribution is -0.123. The van der Waals surface area contributed by atoms with E-state index in [0.717, 1.165) is 4.90 Å². The SMILES string of the molecule is CSc1ccccc1C(=O)O[C@@H](C)C(=O)Nc1sccc1C#N. The first kappa shape index (κ1) is 17.1. The van der Waals surface area contributed by atoms with Crippen LogP contribution in [0.4, 0.5) is 5.00 Å². The Morgan fingerprint density at radius 2 is 2.09 bits per heavy atom. The maximum Gasteiger partial charge on any atom is 0.340 e. The van der Waals surface area contributed by atoms with E-state index < -0.39 is 18.0 Å². The summed E-state index contributed by atoms with van der Waals surface area (Å²) in [6.45, 7) is 1.49. The molecule has 0 spiro atoms. The number of thiophene rings is 1. The van der Waals surface area contributed by atoms with Gasteiger partial charge in [-0.25, -0.2) is 4.79 Å². The van der Waals surface area contributed by atoms with Crippen LogP contribution in [0.25, 0.3) is 0 Å². The van der Waals surface area contributed by atoms with E-state index in [1.54, 1.807) is 23.6 Å². The van der Waals surface area contributed by atoms with Crippen molar-refractivity contribution < 1.29 is 14.3 Å². The molecule has 0 aliphatic rings. The van der Waals surface area contributed by atoms with Gasteiger partial charge in [0.1, 0.15) is 11.1 Å². The van der Waals surface area contributed by atoms with Crippen molar-refractivity contribution >= 4 is 40.0 Å². The van der Waals surface area contributed by atoms with Crippen molar-refractivity contribution in [3.8, 4) is 6.07 Å². The van der Waals surface area contributed by atoms with Crippen LogP contribution in [0, 0.1) is 11.3 Å². The molecule has 0 aliphatic heterocycles. The third-order valence-corrected chi connectivity index (χ3v) is 4.63. The third-order valence-electron chi connectivity index (χ3n) is 3.00. The van der Waals surface area contributed by atoms with Crippen LogP contribution in [0.1, 0.15) is 22.8 Å². The molecule has 1 amide bonds. The van der Waals surface area contributed by atoms with Crippen LogP contribution in [0.2, 0.25) is 0 Å². The molecular formula is C16H14N2O3S2. The average Bonchev–Trinajstić information content (AvgIpc) is 3.01. The minimum absolute atomic E-state index is 0.384. The highest BCUT2D eigenvalue weighted by Gasteiger charge is 2.21. The number of nitrogens with zero attached hydrogens (tertiary/aromatic N) is 1. The van der Waals surface area contributed by atoms with E-state index in [2.05, 4.69) is 5.32 Å². The van der Waals surface area contributed by atoms with Crippen molar-refractivity contribution in [2.24, 2.45) is 0 Å². The number of nitrogens with one attached hydrogen (secondary N) is 1. The Bertz CT molecular complexity index is 765. The summed E-state index contributed by atoms with van der Waals surface area (Å²) in [4.78, 5) is 25.1. The Kier molecular flexibility index (Phi) is 5.79. The van der Waals surface area contributed by atoms with Gasteiger partial charge in [-0.2, -0.15) is 5.26 Å². The summed E-state index contributed by atoms with van der Waals surface area (Å²) < 4.78 is 5.22. The number of esters is 1. The van der Waals surface area contributed by atoms with Crippen LogP contribution in [-0.2, 0) is 9.53 Å². The molecule has 5 nitrogen and oxygen atoms in total. The molecule has 2 aromatic rings. The van der Waals surface area contributed by atoms with E-state index >= 15 is 0 Å². The zero-order chi connectivity index (χ0) is 16.8. The Labute approximate surface area is 142 Å². The van der Waals surface area contributed by atoms with Gasteiger partial charge in [-0.3, -0.25) is 4.79 Å². The first-order valence-corrected chi connectivity index (χ1v) is 8.79. The molecule has 1 heterocycles. The number of carbonyl (C=O) groups excluding carboxylic acids is 2. The summed E-state index contributed by atoms with van der Waals surface area (Å²) in [6, 6.07) is 10.7. The van der Waals surface area contributed by atoms with Gasteiger partial charge in [0.2, 0.25) is 0 Å². The largest absolute Gasteiger partial charge is 0.449 e. The second-order valence-corrected chi connectivity index (χ2v) is 6.28. The van der Waals surface area contributed by atoms with E-state index in [9.17, 15) is 9.59 Å². The number of ether oxygens (including phenoxy) is 1. The molecule has 0 saturated heterocycles. The van der Waals surface area contributed by atoms with Crippen molar-refractivity contribution in [2.75, 3.05) is 11.6 Å². The maximum atomic E-state index is 12.2. The van der Waals surface area contributed by atoms with E-state index in [4.69, 9.17) is 10.00 Å². The average molecular weight is 346 g/mol. The van der Waals surface area contributed by atoms with Gasteiger partial charge in [-0.15, -0.1) is 23.1 Å². The van der Waals surface area contributed by atoms with Gasteiger partial charge in [-0.05, 0) is 36.8 Å². The van der Waals surface area contributed by atoms with E-state index in [1.807, 2.05) is 24.5 Å². The standard InChI is InChI=1S/C16H14N2O3S2/c1-10(14(19)18-15-11(9-17)7-8-23-15)21-16(20)12-5-3-4-6-13(12)22-2/h3-8,10H,1-2H3,(H,18,19)/t10-/m0/s1. The second kappa shape index (κ2) is 7.81. The summed E-state index contributed by atoms with van der Waals surface area (Å²) in [5, 5.41) is 13.7. The van der Waals surface area contributed by atoms with Crippen molar-refractivity contribution in [3.05, 3.63) is 46.8 Å². The van der Waals surface area contributed by atoms with Crippen LogP contribution in [0.3, 0.4) is 0 Å². The Morgan fingerprint density at radius 1 is 1.35 bits per heavy atom. The fraction of sp³-hybridized carbons (Fsp3) is 0.188. The van der Waals surface area contributed by atoms with Crippen LogP contribution in [0.5, 0.6) is 0 Å². The molecule has 0 bridgehead atoms. The Balaban J connectivity index is 2.03. The summed E-state index contributed by atoms with van der Waals surface area (Å²) in [5.41, 5.74) is 0.808. The Morgan fingerprint density at radius 3 is 2.78 bits per heavy atom. The molecule has 118 valence electrons. The number of benzene rings is 1. The Hall–Kier alpha value is -2.30. The minimum atomic E-state index is -0.967. The predicted molar refractivity (Wildman–Crippen MR) is 90.8 cm³/mol. The summed E-state index contributed by atoms with van der Waals surface area (Å²) in [5.74, 6) is -1.02. The summed E-state index contributed by atoms with van der Waals surface area (Å²) >= 11 is 2.68. The number of hydrogen-bond donors (Lipinski definition) is 1. The number of hydrogen-bond acceptors (Lipinski definition) is 6. The van der Waals surface area contributed by atoms with Gasteiger partial charge in [0, 0.05) is 4.90 Å². The smallest absolute Gasteiger partial charge is 0.340 e. The number of nitriles is 1. The monoisotopic (exact) mass is 346 g/mol. The fourth-order valence-corrected chi connectivity index (χ4v) is 3.12. The minimum Gasteiger partial charge on any atom is -0.449 e. The molecule has 1 aromatic carbocycles. The van der Waals surface area contributed by atoms with E-state index in [-0.39, 0.29) is 0 Å². The maximum absolute atomic E-state index is 12.2. The lowest BCUT2D eigenvalue weighted by Gasteiger charge is -2.14. The van der Waals surface area contributed by atoms with Crippen LogP contribution in [-0.4, -0.2) is 24.2 Å². The number of thioether (sulfide) groups is 1. The highest BCUT2D eigenvalue weighted by Crippen LogP contribution is 2.23. The summed E-state index contributed by atoms with van der Waals surface area (Å²) in [6.07, 6.45) is 0.897. The first-order chi connectivity index (χ1) is 11.1. The second-order valence-electron chi connectivity index (χ2n) is 4.51. The molecule has 1 N–H and O–H groups in total. The number of amides is 1. The zero-order valence-corrected chi connectivity index (χ0v) is 14.2. The van der Waals surface area contributed by atoms with Gasteiger partial charge >= 0.3 is 5.97 Å². The molecular weight excluding hydrogens is 332 g/mol. The fourth-order valence-electron chi connectivity index (χ4n) is 1.80. The van der Waals surface area contributed by atoms with Crippen molar-refractivity contribution in [1.82, 2.24) is 0 Å². The highest BCUT2D eigenvalue weighted by molar-refractivity contribution is 7.98. The molecule has 1 aromatic heterocycles. The topological polar surface area (TPSA) is 79.2 Å². The normalized spacial score (nSPS) is 11.3. The lowest BCUT2D eigenvalue weighted by atomic mass is 10.2.